The number of carbonyl (C=O) groups excluding carboxylic acids is 1. The molecule has 2 rings (SSSR count). The maximum atomic E-state index is 13.3. The maximum absolute atomic E-state index is 13.3. The predicted molar refractivity (Wildman–Crippen MR) is 63.8 cm³/mol. The van der Waals surface area contributed by atoms with Gasteiger partial charge in [0.25, 0.3) is 0 Å². The van der Waals surface area contributed by atoms with Gasteiger partial charge in [0, 0.05) is 18.2 Å². The average Bonchev–Trinajstić information content (AvgIpc) is 3.16. The highest BCUT2D eigenvalue weighted by molar-refractivity contribution is 5.78. The van der Waals surface area contributed by atoms with Gasteiger partial charge in [0.05, 0.1) is 6.42 Å². The Morgan fingerprint density at radius 3 is 2.83 bits per heavy atom. The molecule has 1 saturated carbocycles. The monoisotopic (exact) mass is 254 g/mol. The van der Waals surface area contributed by atoms with Gasteiger partial charge in [-0.1, -0.05) is 12.1 Å². The molecule has 1 unspecified atom stereocenters. The van der Waals surface area contributed by atoms with Crippen LogP contribution in [0.1, 0.15) is 18.4 Å². The van der Waals surface area contributed by atoms with Gasteiger partial charge in [0.2, 0.25) is 5.91 Å². The lowest BCUT2D eigenvalue weighted by Gasteiger charge is -2.11. The second kappa shape index (κ2) is 5.44. The van der Waals surface area contributed by atoms with Crippen LogP contribution < -0.4 is 11.1 Å². The highest BCUT2D eigenvalue weighted by Crippen LogP contribution is 2.31. The largest absolute Gasteiger partial charge is 0.354 e. The fourth-order valence-corrected chi connectivity index (χ4v) is 1.84. The summed E-state index contributed by atoms with van der Waals surface area (Å²) in [6.07, 6.45) is 2.05. The van der Waals surface area contributed by atoms with Crippen molar-refractivity contribution in [3.8, 4) is 0 Å². The molecule has 0 radical (unpaired) electrons. The lowest BCUT2D eigenvalue weighted by atomic mass is 10.1. The molecule has 0 aliphatic heterocycles. The fraction of sp³-hybridized carbons (Fsp3) is 0.462. The van der Waals surface area contributed by atoms with Crippen molar-refractivity contribution in [3.05, 3.63) is 35.4 Å². The number of benzene rings is 1. The van der Waals surface area contributed by atoms with E-state index in [1.165, 1.54) is 12.1 Å². The summed E-state index contributed by atoms with van der Waals surface area (Å²) in [4.78, 5) is 11.6. The van der Waals surface area contributed by atoms with Crippen LogP contribution in [0.2, 0.25) is 0 Å². The highest BCUT2D eigenvalue weighted by Gasteiger charge is 2.28. The van der Waals surface area contributed by atoms with Crippen molar-refractivity contribution in [1.82, 2.24) is 5.32 Å². The molecular formula is C13H16F2N2O. The van der Waals surface area contributed by atoms with Crippen LogP contribution in [0.5, 0.6) is 0 Å². The van der Waals surface area contributed by atoms with Crippen molar-refractivity contribution in [1.29, 1.82) is 0 Å². The lowest BCUT2D eigenvalue weighted by Crippen LogP contribution is -2.39. The molecule has 0 spiro atoms. The molecule has 5 heteroatoms. The molecule has 3 nitrogen and oxygen atoms in total. The van der Waals surface area contributed by atoms with Crippen LogP contribution in [-0.4, -0.2) is 18.5 Å². The van der Waals surface area contributed by atoms with E-state index >= 15 is 0 Å². The number of nitrogens with two attached hydrogens (primary N) is 1. The Bertz CT molecular complexity index is 447. The molecule has 1 aliphatic carbocycles. The Kier molecular flexibility index (Phi) is 3.91. The molecule has 1 amide bonds. The van der Waals surface area contributed by atoms with Crippen molar-refractivity contribution in [2.75, 3.05) is 6.54 Å². The first kappa shape index (κ1) is 13.0. The number of halogens is 2. The molecular weight excluding hydrogens is 238 g/mol. The highest BCUT2D eigenvalue weighted by atomic mass is 19.2. The normalized spacial score (nSPS) is 16.4. The molecule has 1 fully saturated rings. The zero-order valence-electron chi connectivity index (χ0n) is 9.96. The lowest BCUT2D eigenvalue weighted by molar-refractivity contribution is -0.120. The summed E-state index contributed by atoms with van der Waals surface area (Å²) >= 11 is 0. The minimum Gasteiger partial charge on any atom is -0.354 e. The summed E-state index contributed by atoms with van der Waals surface area (Å²) < 4.78 is 26.3. The van der Waals surface area contributed by atoms with Crippen LogP contribution >= 0.6 is 0 Å². The number of carbonyl (C=O) groups is 1. The van der Waals surface area contributed by atoms with Gasteiger partial charge in [-0.05, 0) is 24.8 Å². The Labute approximate surface area is 104 Å². The van der Waals surface area contributed by atoms with E-state index in [4.69, 9.17) is 5.73 Å². The summed E-state index contributed by atoms with van der Waals surface area (Å²) in [5.41, 5.74) is 5.89. The first-order chi connectivity index (χ1) is 8.58. The molecule has 1 aliphatic rings. The number of hydrogen-bond acceptors (Lipinski definition) is 2. The second-order valence-electron chi connectivity index (χ2n) is 4.70. The van der Waals surface area contributed by atoms with Crippen LogP contribution in [0.4, 0.5) is 8.78 Å². The quantitative estimate of drug-likeness (QED) is 0.833. The smallest absolute Gasteiger partial charge is 0.224 e. The van der Waals surface area contributed by atoms with E-state index in [2.05, 4.69) is 5.32 Å². The zero-order valence-corrected chi connectivity index (χ0v) is 9.96. The third-order valence-corrected chi connectivity index (χ3v) is 3.15. The summed E-state index contributed by atoms with van der Waals surface area (Å²) in [7, 11) is 0. The van der Waals surface area contributed by atoms with Crippen molar-refractivity contribution >= 4 is 5.91 Å². The van der Waals surface area contributed by atoms with E-state index in [9.17, 15) is 13.6 Å². The molecule has 0 saturated heterocycles. The Morgan fingerprint density at radius 1 is 1.44 bits per heavy atom. The molecule has 1 aromatic carbocycles. The van der Waals surface area contributed by atoms with Gasteiger partial charge in [0.1, 0.15) is 0 Å². The van der Waals surface area contributed by atoms with Crippen LogP contribution in [0.3, 0.4) is 0 Å². The van der Waals surface area contributed by atoms with E-state index < -0.39 is 11.6 Å². The van der Waals surface area contributed by atoms with Gasteiger partial charge < -0.3 is 11.1 Å². The summed E-state index contributed by atoms with van der Waals surface area (Å²) in [6.45, 7) is 0.389. The molecule has 3 N–H and O–H groups in total. The fourth-order valence-electron chi connectivity index (χ4n) is 1.84. The van der Waals surface area contributed by atoms with E-state index in [0.717, 1.165) is 18.9 Å². The standard InChI is InChI=1S/C13H16F2N2O/c14-10-3-1-2-9(13(10)15)6-12(18)17-7-11(16)8-4-5-8/h1-3,8,11H,4-7,16H2,(H,17,18). The topological polar surface area (TPSA) is 55.1 Å². The summed E-state index contributed by atoms with van der Waals surface area (Å²) in [6, 6.07) is 3.78. The molecule has 1 aromatic rings. The Hall–Kier alpha value is -1.49. The van der Waals surface area contributed by atoms with Crippen LogP contribution in [-0.2, 0) is 11.2 Å². The molecule has 0 bridgehead atoms. The van der Waals surface area contributed by atoms with Gasteiger partial charge >= 0.3 is 0 Å². The van der Waals surface area contributed by atoms with Gasteiger partial charge in [0.15, 0.2) is 11.6 Å². The second-order valence-corrected chi connectivity index (χ2v) is 4.70. The van der Waals surface area contributed by atoms with Crippen molar-refractivity contribution in [2.45, 2.75) is 25.3 Å². The summed E-state index contributed by atoms with van der Waals surface area (Å²) in [5, 5.41) is 2.65. The van der Waals surface area contributed by atoms with Crippen LogP contribution in [0, 0.1) is 17.6 Å². The molecule has 98 valence electrons. The van der Waals surface area contributed by atoms with Crippen molar-refractivity contribution in [3.63, 3.8) is 0 Å². The summed E-state index contributed by atoms with van der Waals surface area (Å²) in [5.74, 6) is -1.74. The van der Waals surface area contributed by atoms with Gasteiger partial charge in [-0.2, -0.15) is 0 Å². The molecule has 1 atom stereocenters. The van der Waals surface area contributed by atoms with Crippen LogP contribution in [0.15, 0.2) is 18.2 Å². The predicted octanol–water partition coefficient (Wildman–Crippen LogP) is 1.36. The first-order valence-corrected chi connectivity index (χ1v) is 6.03. The Balaban J connectivity index is 1.84. The first-order valence-electron chi connectivity index (χ1n) is 6.03. The average molecular weight is 254 g/mol. The third-order valence-electron chi connectivity index (χ3n) is 3.15. The maximum Gasteiger partial charge on any atom is 0.224 e. The zero-order chi connectivity index (χ0) is 13.1. The van der Waals surface area contributed by atoms with Crippen LogP contribution in [0.25, 0.3) is 0 Å². The van der Waals surface area contributed by atoms with E-state index in [1.54, 1.807) is 0 Å². The van der Waals surface area contributed by atoms with Gasteiger partial charge in [-0.25, -0.2) is 8.78 Å². The number of nitrogens with one attached hydrogen (secondary N) is 1. The SMILES string of the molecule is NC(CNC(=O)Cc1cccc(F)c1F)C1CC1. The minimum atomic E-state index is -0.959. The molecule has 18 heavy (non-hydrogen) atoms. The Morgan fingerprint density at radius 2 is 2.17 bits per heavy atom. The van der Waals surface area contributed by atoms with E-state index in [1.807, 2.05) is 0 Å². The van der Waals surface area contributed by atoms with Gasteiger partial charge in [-0.3, -0.25) is 4.79 Å². The third kappa shape index (κ3) is 3.26. The molecule has 0 aromatic heterocycles. The number of amides is 1. The number of hydrogen-bond donors (Lipinski definition) is 2. The molecule has 0 heterocycles. The van der Waals surface area contributed by atoms with Gasteiger partial charge in [-0.15, -0.1) is 0 Å². The van der Waals surface area contributed by atoms with Crippen molar-refractivity contribution in [2.24, 2.45) is 11.7 Å². The van der Waals surface area contributed by atoms with E-state index in [-0.39, 0.29) is 23.9 Å². The van der Waals surface area contributed by atoms with Crippen molar-refractivity contribution < 1.29 is 13.6 Å². The van der Waals surface area contributed by atoms with E-state index in [0.29, 0.717) is 12.5 Å². The minimum absolute atomic E-state index is 0.0358. The number of rotatable bonds is 5.